The molecule has 4 rings (SSSR count). The summed E-state index contributed by atoms with van der Waals surface area (Å²) in [4.78, 5) is 41.0. The molecular formula is C25H25N5O3. The summed E-state index contributed by atoms with van der Waals surface area (Å²) >= 11 is 0. The predicted octanol–water partition coefficient (Wildman–Crippen LogP) is 2.68. The summed E-state index contributed by atoms with van der Waals surface area (Å²) in [7, 11) is 0. The van der Waals surface area contributed by atoms with E-state index in [0.717, 1.165) is 16.3 Å². The highest BCUT2D eigenvalue weighted by atomic mass is 16.2. The SMILES string of the molecule is CC1(c2ccccc2)C(=O)N(Cc2ccc3ccc(C(=N)N)cc3c2)C(=O)N1CCC(N)=O. The van der Waals surface area contributed by atoms with Gasteiger partial charge in [0.25, 0.3) is 5.91 Å². The Morgan fingerprint density at radius 3 is 2.33 bits per heavy atom. The zero-order valence-corrected chi connectivity index (χ0v) is 18.2. The number of nitrogens with two attached hydrogens (primary N) is 2. The van der Waals surface area contributed by atoms with Crippen LogP contribution in [0, 0.1) is 5.41 Å². The monoisotopic (exact) mass is 443 g/mol. The molecule has 3 aromatic rings. The van der Waals surface area contributed by atoms with Crippen LogP contribution in [0.2, 0.25) is 0 Å². The number of fused-ring (bicyclic) bond motifs is 1. The molecular weight excluding hydrogens is 418 g/mol. The summed E-state index contributed by atoms with van der Waals surface area (Å²) in [6.07, 6.45) is -0.0426. The number of nitrogens with zero attached hydrogens (tertiary/aromatic N) is 2. The minimum absolute atomic E-state index is 0.0316. The van der Waals surface area contributed by atoms with Crippen molar-refractivity contribution in [3.05, 3.63) is 83.4 Å². The average molecular weight is 444 g/mol. The van der Waals surface area contributed by atoms with Gasteiger partial charge in [-0.25, -0.2) is 4.79 Å². The number of carbonyl (C=O) groups excluding carboxylic acids is 3. The Morgan fingerprint density at radius 2 is 1.67 bits per heavy atom. The lowest BCUT2D eigenvalue weighted by Crippen LogP contribution is -2.45. The van der Waals surface area contributed by atoms with Crippen molar-refractivity contribution in [2.45, 2.75) is 25.4 Å². The van der Waals surface area contributed by atoms with Gasteiger partial charge in [0, 0.05) is 18.5 Å². The lowest BCUT2D eigenvalue weighted by molar-refractivity contribution is -0.133. The van der Waals surface area contributed by atoms with Gasteiger partial charge in [-0.1, -0.05) is 54.6 Å². The fraction of sp³-hybridized carbons (Fsp3) is 0.200. The van der Waals surface area contributed by atoms with Gasteiger partial charge in [-0.3, -0.25) is 19.9 Å². The number of benzene rings is 3. The van der Waals surface area contributed by atoms with Crippen molar-refractivity contribution in [1.82, 2.24) is 9.80 Å². The molecule has 0 saturated carbocycles. The first kappa shape index (κ1) is 22.0. The summed E-state index contributed by atoms with van der Waals surface area (Å²) < 4.78 is 0. The number of imide groups is 1. The summed E-state index contributed by atoms with van der Waals surface area (Å²) in [5.74, 6) is -0.934. The van der Waals surface area contributed by atoms with Crippen LogP contribution in [0.4, 0.5) is 4.79 Å². The minimum atomic E-state index is -1.24. The maximum absolute atomic E-state index is 13.6. The van der Waals surface area contributed by atoms with E-state index in [1.54, 1.807) is 25.1 Å². The Bertz CT molecular complexity index is 1270. The van der Waals surface area contributed by atoms with E-state index in [1.165, 1.54) is 9.80 Å². The van der Waals surface area contributed by atoms with Crippen LogP contribution < -0.4 is 11.5 Å². The van der Waals surface area contributed by atoms with Crippen molar-refractivity contribution >= 4 is 34.5 Å². The first-order chi connectivity index (χ1) is 15.7. The Balaban J connectivity index is 1.70. The highest BCUT2D eigenvalue weighted by Crippen LogP contribution is 2.38. The summed E-state index contributed by atoms with van der Waals surface area (Å²) in [5, 5.41) is 9.47. The largest absolute Gasteiger partial charge is 0.384 e. The van der Waals surface area contributed by atoms with Crippen LogP contribution in [0.3, 0.4) is 0 Å². The molecule has 4 amide bonds. The number of nitrogens with one attached hydrogen (secondary N) is 1. The van der Waals surface area contributed by atoms with Crippen LogP contribution >= 0.6 is 0 Å². The molecule has 0 radical (unpaired) electrons. The molecule has 0 aliphatic carbocycles. The Hall–Kier alpha value is -4.20. The van der Waals surface area contributed by atoms with Gasteiger partial charge in [0.1, 0.15) is 11.4 Å². The Morgan fingerprint density at radius 1 is 0.970 bits per heavy atom. The molecule has 1 fully saturated rings. The molecule has 5 N–H and O–H groups in total. The highest BCUT2D eigenvalue weighted by Gasteiger charge is 2.54. The summed E-state index contributed by atoms with van der Waals surface area (Å²) in [6, 6.07) is 19.7. The number of hydrogen-bond acceptors (Lipinski definition) is 4. The molecule has 168 valence electrons. The van der Waals surface area contributed by atoms with Gasteiger partial charge in [-0.2, -0.15) is 0 Å². The van der Waals surface area contributed by atoms with Gasteiger partial charge in [0.15, 0.2) is 0 Å². The molecule has 1 aliphatic heterocycles. The average Bonchev–Trinajstić information content (AvgIpc) is 2.98. The number of nitrogen functional groups attached to an aromatic ring is 1. The van der Waals surface area contributed by atoms with E-state index >= 15 is 0 Å². The zero-order valence-electron chi connectivity index (χ0n) is 18.2. The lowest BCUT2D eigenvalue weighted by atomic mass is 9.90. The topological polar surface area (TPSA) is 134 Å². The van der Waals surface area contributed by atoms with Crippen LogP contribution in [-0.4, -0.2) is 40.0 Å². The molecule has 8 heteroatoms. The van der Waals surface area contributed by atoms with E-state index < -0.39 is 17.5 Å². The lowest BCUT2D eigenvalue weighted by Gasteiger charge is -2.31. The molecule has 1 unspecified atom stereocenters. The predicted molar refractivity (Wildman–Crippen MR) is 125 cm³/mol. The van der Waals surface area contributed by atoms with E-state index in [9.17, 15) is 14.4 Å². The molecule has 1 saturated heterocycles. The number of hydrogen-bond donors (Lipinski definition) is 3. The van der Waals surface area contributed by atoms with Crippen LogP contribution in [0.25, 0.3) is 10.8 Å². The van der Waals surface area contributed by atoms with E-state index in [4.69, 9.17) is 16.9 Å². The van der Waals surface area contributed by atoms with Gasteiger partial charge in [-0.05, 0) is 41.0 Å². The number of primary amides is 1. The van der Waals surface area contributed by atoms with Crippen LogP contribution in [-0.2, 0) is 21.7 Å². The molecule has 0 aromatic heterocycles. The van der Waals surface area contributed by atoms with Crippen molar-refractivity contribution in [2.24, 2.45) is 11.5 Å². The van der Waals surface area contributed by atoms with Crippen LogP contribution in [0.5, 0.6) is 0 Å². The maximum Gasteiger partial charge on any atom is 0.328 e. The second-order valence-corrected chi connectivity index (χ2v) is 8.29. The fourth-order valence-electron chi connectivity index (χ4n) is 4.27. The van der Waals surface area contributed by atoms with Crippen molar-refractivity contribution in [1.29, 1.82) is 5.41 Å². The van der Waals surface area contributed by atoms with Gasteiger partial charge < -0.3 is 16.4 Å². The standard InChI is InChI=1S/C25H25N5O3/c1-25(20-5-3-2-4-6-20)23(32)29(24(33)30(25)12-11-21(26)31)15-16-7-8-17-9-10-18(22(27)28)14-19(17)13-16/h2-10,13-14H,11-12,15H2,1H3,(H2,26,31)(H3,27,28). The summed E-state index contributed by atoms with van der Waals surface area (Å²) in [6.45, 7) is 1.82. The maximum atomic E-state index is 13.6. The quantitative estimate of drug-likeness (QED) is 0.294. The van der Waals surface area contributed by atoms with Crippen molar-refractivity contribution in [3.8, 4) is 0 Å². The van der Waals surface area contributed by atoms with Crippen molar-refractivity contribution in [2.75, 3.05) is 6.54 Å². The normalized spacial score (nSPS) is 18.2. The van der Waals surface area contributed by atoms with E-state index in [2.05, 4.69) is 0 Å². The van der Waals surface area contributed by atoms with Gasteiger partial charge >= 0.3 is 6.03 Å². The molecule has 0 bridgehead atoms. The molecule has 3 aromatic carbocycles. The Labute approximate surface area is 191 Å². The second-order valence-electron chi connectivity index (χ2n) is 8.29. The molecule has 1 aliphatic rings. The molecule has 0 spiro atoms. The van der Waals surface area contributed by atoms with E-state index in [0.29, 0.717) is 11.1 Å². The third-order valence-electron chi connectivity index (χ3n) is 6.14. The number of amidine groups is 1. The Kier molecular flexibility index (Phi) is 5.59. The minimum Gasteiger partial charge on any atom is -0.384 e. The van der Waals surface area contributed by atoms with E-state index in [1.807, 2.05) is 48.5 Å². The van der Waals surface area contributed by atoms with Gasteiger partial charge in [0.2, 0.25) is 5.91 Å². The number of amides is 4. The number of rotatable bonds is 7. The first-order valence-corrected chi connectivity index (χ1v) is 10.6. The second kappa shape index (κ2) is 8.38. The third-order valence-corrected chi connectivity index (χ3v) is 6.14. The zero-order chi connectivity index (χ0) is 23.8. The first-order valence-electron chi connectivity index (χ1n) is 10.6. The van der Waals surface area contributed by atoms with E-state index in [-0.39, 0.29) is 31.3 Å². The van der Waals surface area contributed by atoms with Crippen molar-refractivity contribution in [3.63, 3.8) is 0 Å². The highest BCUT2D eigenvalue weighted by molar-refractivity contribution is 6.07. The van der Waals surface area contributed by atoms with Crippen LogP contribution in [0.1, 0.15) is 30.0 Å². The summed E-state index contributed by atoms with van der Waals surface area (Å²) in [5.41, 5.74) is 11.7. The number of carbonyl (C=O) groups is 3. The van der Waals surface area contributed by atoms with Gasteiger partial charge in [-0.15, -0.1) is 0 Å². The fourth-order valence-corrected chi connectivity index (χ4v) is 4.27. The molecule has 1 heterocycles. The van der Waals surface area contributed by atoms with Crippen molar-refractivity contribution < 1.29 is 14.4 Å². The van der Waals surface area contributed by atoms with Crippen LogP contribution in [0.15, 0.2) is 66.7 Å². The molecule has 1 atom stereocenters. The molecule has 8 nitrogen and oxygen atoms in total. The number of urea groups is 1. The smallest absolute Gasteiger partial charge is 0.328 e. The van der Waals surface area contributed by atoms with Gasteiger partial charge in [0.05, 0.1) is 6.54 Å². The third kappa shape index (κ3) is 3.91. The molecule has 33 heavy (non-hydrogen) atoms.